The molecule has 1 aromatic heterocycles. The summed E-state index contributed by atoms with van der Waals surface area (Å²) in [5.74, 6) is -0.00299. The van der Waals surface area contributed by atoms with Crippen molar-refractivity contribution < 1.29 is 4.79 Å². The number of piperazine rings is 1. The molecule has 29 heavy (non-hydrogen) atoms. The van der Waals surface area contributed by atoms with Gasteiger partial charge in [-0.2, -0.15) is 0 Å². The molecule has 3 aromatic rings. The van der Waals surface area contributed by atoms with Gasteiger partial charge >= 0.3 is 0 Å². The lowest BCUT2D eigenvalue weighted by atomic mass is 10.2. The number of thiazole rings is 1. The number of rotatable bonds is 5. The van der Waals surface area contributed by atoms with Gasteiger partial charge in [0.2, 0.25) is 0 Å². The van der Waals surface area contributed by atoms with Gasteiger partial charge in [-0.3, -0.25) is 9.69 Å². The molecule has 1 amide bonds. The van der Waals surface area contributed by atoms with Crippen molar-refractivity contribution in [3.05, 3.63) is 56.6 Å². The summed E-state index contributed by atoms with van der Waals surface area (Å²) in [6.45, 7) is 5.34. The highest BCUT2D eigenvalue weighted by atomic mass is 127. The third kappa shape index (κ3) is 5.52. The molecule has 4 rings (SSSR count). The average Bonchev–Trinajstić information content (AvgIpc) is 3.12. The molecule has 5 nitrogen and oxygen atoms in total. The van der Waals surface area contributed by atoms with Crippen molar-refractivity contribution in [2.75, 3.05) is 44.2 Å². The van der Waals surface area contributed by atoms with Crippen LogP contribution >= 0.6 is 57.9 Å². The molecule has 154 valence electrons. The molecule has 2 heterocycles. The fourth-order valence-electron chi connectivity index (χ4n) is 3.25. The van der Waals surface area contributed by atoms with Gasteiger partial charge in [-0.05, 0) is 52.9 Å². The number of nitrogens with one attached hydrogen (secondary N) is 1. The van der Waals surface area contributed by atoms with Crippen LogP contribution in [0.3, 0.4) is 0 Å². The van der Waals surface area contributed by atoms with Crippen molar-refractivity contribution in [2.24, 2.45) is 0 Å². The predicted octanol–water partition coefficient (Wildman–Crippen LogP) is 4.53. The summed E-state index contributed by atoms with van der Waals surface area (Å²) in [5, 5.41) is 4.84. The van der Waals surface area contributed by atoms with Crippen molar-refractivity contribution in [3.63, 3.8) is 0 Å². The second kappa shape index (κ2) is 10.3. The first-order chi connectivity index (χ1) is 13.6. The normalized spacial score (nSPS) is 14.6. The molecule has 0 bridgehead atoms. The second-order valence-electron chi connectivity index (χ2n) is 6.67. The summed E-state index contributed by atoms with van der Waals surface area (Å²) < 4.78 is 2.10. The predicted molar refractivity (Wildman–Crippen MR) is 132 cm³/mol. The molecule has 0 saturated carbocycles. The van der Waals surface area contributed by atoms with Crippen molar-refractivity contribution in [2.45, 2.75) is 0 Å². The minimum absolute atomic E-state index is 0. The van der Waals surface area contributed by atoms with Crippen LogP contribution in [0.4, 0.5) is 5.13 Å². The zero-order valence-electron chi connectivity index (χ0n) is 15.6. The van der Waals surface area contributed by atoms with Crippen molar-refractivity contribution in [1.29, 1.82) is 0 Å². The zero-order chi connectivity index (χ0) is 19.5. The lowest BCUT2D eigenvalue weighted by Gasteiger charge is -2.34. The van der Waals surface area contributed by atoms with Crippen LogP contribution in [0.5, 0.6) is 0 Å². The molecular formula is C20H21Cl2IN4OS. The minimum atomic E-state index is -0.00299. The SMILES string of the molecule is Cl.O=C(NCCN1CCN(c2nc3ccc(Cl)cc3s2)CC1)c1ccccc1I. The topological polar surface area (TPSA) is 48.5 Å². The summed E-state index contributed by atoms with van der Waals surface area (Å²) >= 11 is 9.97. The molecule has 0 spiro atoms. The van der Waals surface area contributed by atoms with Gasteiger partial charge in [-0.25, -0.2) is 4.98 Å². The first kappa shape index (κ1) is 22.6. The zero-order valence-corrected chi connectivity index (χ0v) is 20.2. The van der Waals surface area contributed by atoms with Crippen LogP contribution in [0.25, 0.3) is 10.2 Å². The fraction of sp³-hybridized carbons (Fsp3) is 0.300. The Bertz CT molecular complexity index is 992. The number of nitrogens with zero attached hydrogens (tertiary/aromatic N) is 3. The van der Waals surface area contributed by atoms with Crippen LogP contribution < -0.4 is 10.2 Å². The Morgan fingerprint density at radius 3 is 2.69 bits per heavy atom. The van der Waals surface area contributed by atoms with E-state index in [1.165, 1.54) is 0 Å². The van der Waals surface area contributed by atoms with E-state index in [0.29, 0.717) is 6.54 Å². The molecule has 0 unspecified atom stereocenters. The maximum atomic E-state index is 12.3. The van der Waals surface area contributed by atoms with Gasteiger partial charge in [0.15, 0.2) is 5.13 Å². The number of benzene rings is 2. The van der Waals surface area contributed by atoms with E-state index in [1.807, 2.05) is 42.5 Å². The van der Waals surface area contributed by atoms with E-state index in [4.69, 9.17) is 16.6 Å². The van der Waals surface area contributed by atoms with Gasteiger partial charge in [0.1, 0.15) is 0 Å². The van der Waals surface area contributed by atoms with Gasteiger partial charge in [-0.15, -0.1) is 12.4 Å². The van der Waals surface area contributed by atoms with E-state index in [1.54, 1.807) is 11.3 Å². The standard InChI is InChI=1S/C20H20ClIN4OS.ClH/c21-14-5-6-17-18(13-14)28-20(24-17)26-11-9-25(10-12-26)8-7-23-19(27)15-3-1-2-4-16(15)22;/h1-6,13H,7-12H2,(H,23,27);1H. The molecule has 9 heteroatoms. The van der Waals surface area contributed by atoms with Crippen LogP contribution in [0.2, 0.25) is 5.02 Å². The average molecular weight is 563 g/mol. The Labute approximate surface area is 199 Å². The molecule has 0 atom stereocenters. The minimum Gasteiger partial charge on any atom is -0.351 e. The summed E-state index contributed by atoms with van der Waals surface area (Å²) in [6, 6.07) is 13.5. The molecule has 0 aliphatic carbocycles. The summed E-state index contributed by atoms with van der Waals surface area (Å²) in [4.78, 5) is 21.8. The Morgan fingerprint density at radius 2 is 1.93 bits per heavy atom. The van der Waals surface area contributed by atoms with Crippen LogP contribution in [0, 0.1) is 3.57 Å². The van der Waals surface area contributed by atoms with E-state index >= 15 is 0 Å². The third-order valence-electron chi connectivity index (χ3n) is 4.81. The second-order valence-corrected chi connectivity index (χ2v) is 9.28. The Kier molecular flexibility index (Phi) is 7.98. The third-order valence-corrected chi connectivity index (χ3v) is 7.07. The summed E-state index contributed by atoms with van der Waals surface area (Å²) in [7, 11) is 0. The summed E-state index contributed by atoms with van der Waals surface area (Å²) in [5.41, 5.74) is 1.74. The molecule has 1 N–H and O–H groups in total. The van der Waals surface area contributed by atoms with Crippen LogP contribution in [0.1, 0.15) is 10.4 Å². The maximum Gasteiger partial charge on any atom is 0.252 e. The van der Waals surface area contributed by atoms with E-state index in [9.17, 15) is 4.79 Å². The largest absolute Gasteiger partial charge is 0.351 e. The van der Waals surface area contributed by atoms with E-state index in [0.717, 1.165) is 62.2 Å². The number of amides is 1. The van der Waals surface area contributed by atoms with E-state index in [-0.39, 0.29) is 18.3 Å². The Balaban J connectivity index is 0.00000240. The number of hydrogen-bond donors (Lipinski definition) is 1. The maximum absolute atomic E-state index is 12.3. The van der Waals surface area contributed by atoms with Gasteiger partial charge in [0.25, 0.3) is 5.91 Å². The first-order valence-electron chi connectivity index (χ1n) is 9.16. The number of halogens is 3. The number of hydrogen-bond acceptors (Lipinski definition) is 5. The molecule has 0 radical (unpaired) electrons. The van der Waals surface area contributed by atoms with Crippen molar-refractivity contribution in [3.8, 4) is 0 Å². The summed E-state index contributed by atoms with van der Waals surface area (Å²) in [6.07, 6.45) is 0. The lowest BCUT2D eigenvalue weighted by molar-refractivity contribution is 0.0947. The van der Waals surface area contributed by atoms with Gasteiger partial charge in [0, 0.05) is 47.9 Å². The number of carbonyl (C=O) groups excluding carboxylic acids is 1. The fourth-order valence-corrected chi connectivity index (χ4v) is 5.18. The highest BCUT2D eigenvalue weighted by Crippen LogP contribution is 2.31. The van der Waals surface area contributed by atoms with Gasteiger partial charge in [0.05, 0.1) is 15.8 Å². The molecule has 1 saturated heterocycles. The lowest BCUT2D eigenvalue weighted by Crippen LogP contribution is -2.48. The highest BCUT2D eigenvalue weighted by Gasteiger charge is 2.20. The molecule has 1 aliphatic rings. The van der Waals surface area contributed by atoms with Gasteiger partial charge < -0.3 is 10.2 Å². The molecule has 2 aromatic carbocycles. The van der Waals surface area contributed by atoms with Crippen LogP contribution in [-0.4, -0.2) is 55.1 Å². The molecule has 1 fully saturated rings. The highest BCUT2D eigenvalue weighted by molar-refractivity contribution is 14.1. The Hall–Kier alpha value is -1.13. The van der Waals surface area contributed by atoms with Crippen LogP contribution in [0.15, 0.2) is 42.5 Å². The van der Waals surface area contributed by atoms with Crippen molar-refractivity contribution >= 4 is 79.2 Å². The van der Waals surface area contributed by atoms with Crippen molar-refractivity contribution in [1.82, 2.24) is 15.2 Å². The van der Waals surface area contributed by atoms with E-state index < -0.39 is 0 Å². The Morgan fingerprint density at radius 1 is 1.17 bits per heavy atom. The number of fused-ring (bicyclic) bond motifs is 1. The van der Waals surface area contributed by atoms with E-state index in [2.05, 4.69) is 37.7 Å². The monoisotopic (exact) mass is 562 g/mol. The van der Waals surface area contributed by atoms with Crippen LogP contribution in [-0.2, 0) is 0 Å². The molecular weight excluding hydrogens is 542 g/mol. The quantitative estimate of drug-likeness (QED) is 0.464. The number of anilines is 1. The number of carbonyl (C=O) groups is 1. The molecule has 1 aliphatic heterocycles. The number of aromatic nitrogens is 1. The first-order valence-corrected chi connectivity index (χ1v) is 11.4. The smallest absolute Gasteiger partial charge is 0.252 e. The van der Waals surface area contributed by atoms with Gasteiger partial charge in [-0.1, -0.05) is 35.1 Å².